The van der Waals surface area contributed by atoms with Gasteiger partial charge in [-0.05, 0) is 24.3 Å². The number of guanidine groups is 1. The summed E-state index contributed by atoms with van der Waals surface area (Å²) in [6.07, 6.45) is 1.60. The van der Waals surface area contributed by atoms with Crippen LogP contribution in [-0.2, 0) is 0 Å². The minimum atomic E-state index is -0.260. The van der Waals surface area contributed by atoms with E-state index in [2.05, 4.69) is 25.3 Å². The van der Waals surface area contributed by atoms with Gasteiger partial charge in [-0.1, -0.05) is 0 Å². The number of imidazole rings is 1. The molecule has 1 amide bonds. The fraction of sp³-hybridized carbons (Fsp3) is 0.200. The number of aromatic nitrogens is 2. The second-order valence-corrected chi connectivity index (χ2v) is 6.61. The molecule has 9 nitrogen and oxygen atoms in total. The maximum absolute atomic E-state index is 12.9. The molecule has 0 atom stereocenters. The lowest BCUT2D eigenvalue weighted by Gasteiger charge is -2.28. The number of rotatable bonds is 3. The number of benzene rings is 2. The van der Waals surface area contributed by atoms with Gasteiger partial charge >= 0.3 is 0 Å². The van der Waals surface area contributed by atoms with Gasteiger partial charge in [-0.15, -0.1) is 0 Å². The molecule has 3 aromatic rings. The number of hydrogen-bond donors (Lipinski definition) is 2. The number of aliphatic imine (C=N–C) groups is 2. The Morgan fingerprint density at radius 3 is 2.83 bits per heavy atom. The topological polar surface area (TPSA) is 104 Å². The van der Waals surface area contributed by atoms with E-state index in [9.17, 15) is 4.79 Å². The third-order valence-corrected chi connectivity index (χ3v) is 4.97. The van der Waals surface area contributed by atoms with E-state index in [-0.39, 0.29) is 5.91 Å². The molecule has 146 valence electrons. The number of hydrogen-bond acceptors (Lipinski definition) is 7. The van der Waals surface area contributed by atoms with Gasteiger partial charge < -0.3 is 14.5 Å². The predicted octanol–water partition coefficient (Wildman–Crippen LogP) is 2.07. The molecule has 2 N–H and O–H groups in total. The Balaban J connectivity index is 1.52. The van der Waals surface area contributed by atoms with Crippen molar-refractivity contribution < 1.29 is 14.3 Å². The highest BCUT2D eigenvalue weighted by Gasteiger charge is 2.32. The minimum absolute atomic E-state index is 0.260. The normalized spacial score (nSPS) is 14.8. The standard InChI is InChI=1S/C20H18N6O3/c1-28-16-8-12-14(9-17(16)29-2)24-20(26-6-5-21-18(12)26)25-19(27)11-3-4-13-15(7-11)23-10-22-13/h3-4,7-10H,5-6H2,1-2H3,(H,22,23)(H,24,25,27). The smallest absolute Gasteiger partial charge is 0.258 e. The number of H-pyrrole nitrogens is 1. The van der Waals surface area contributed by atoms with E-state index < -0.39 is 0 Å². The molecule has 9 heteroatoms. The van der Waals surface area contributed by atoms with Crippen molar-refractivity contribution in [3.8, 4) is 11.5 Å². The number of aromatic amines is 1. The molecule has 0 bridgehead atoms. The van der Waals surface area contributed by atoms with Crippen LogP contribution in [0.5, 0.6) is 11.5 Å². The van der Waals surface area contributed by atoms with Crippen LogP contribution in [0, 0.1) is 0 Å². The lowest BCUT2D eigenvalue weighted by molar-refractivity contribution is 0.0974. The molecule has 5 rings (SSSR count). The monoisotopic (exact) mass is 390 g/mol. The summed E-state index contributed by atoms with van der Waals surface area (Å²) in [6.45, 7) is 1.26. The molecule has 2 aliphatic heterocycles. The maximum Gasteiger partial charge on any atom is 0.258 e. The fourth-order valence-electron chi connectivity index (χ4n) is 3.54. The van der Waals surface area contributed by atoms with Crippen LogP contribution in [0.1, 0.15) is 15.9 Å². The summed E-state index contributed by atoms with van der Waals surface area (Å²) in [5.41, 5.74) is 3.62. The van der Waals surface area contributed by atoms with Gasteiger partial charge in [0.15, 0.2) is 11.5 Å². The summed E-state index contributed by atoms with van der Waals surface area (Å²) in [6, 6.07) is 8.97. The first kappa shape index (κ1) is 17.2. The summed E-state index contributed by atoms with van der Waals surface area (Å²) < 4.78 is 10.8. The van der Waals surface area contributed by atoms with Crippen LogP contribution in [0.25, 0.3) is 11.0 Å². The molecule has 0 unspecified atom stereocenters. The Kier molecular flexibility index (Phi) is 3.94. The molecule has 0 spiro atoms. The number of carbonyl (C=O) groups is 1. The van der Waals surface area contributed by atoms with Gasteiger partial charge in [0, 0.05) is 23.7 Å². The number of carbonyl (C=O) groups excluding carboxylic acids is 1. The van der Waals surface area contributed by atoms with Gasteiger partial charge in [0.25, 0.3) is 5.91 Å². The third-order valence-electron chi connectivity index (χ3n) is 4.97. The first-order chi connectivity index (χ1) is 14.2. The van der Waals surface area contributed by atoms with Gasteiger partial charge in [-0.3, -0.25) is 20.0 Å². The highest BCUT2D eigenvalue weighted by atomic mass is 16.5. The third kappa shape index (κ3) is 2.78. The molecule has 0 radical (unpaired) electrons. The average Bonchev–Trinajstić information content (AvgIpc) is 3.42. The fourth-order valence-corrected chi connectivity index (χ4v) is 3.54. The van der Waals surface area contributed by atoms with Gasteiger partial charge in [-0.25, -0.2) is 9.98 Å². The summed E-state index contributed by atoms with van der Waals surface area (Å²) in [4.78, 5) is 31.2. The molecule has 0 saturated carbocycles. The molecular weight excluding hydrogens is 372 g/mol. The molecule has 0 aliphatic carbocycles. The largest absolute Gasteiger partial charge is 0.493 e. The summed E-state index contributed by atoms with van der Waals surface area (Å²) >= 11 is 0. The summed E-state index contributed by atoms with van der Waals surface area (Å²) in [5, 5.41) is 2.92. The van der Waals surface area contributed by atoms with Crippen LogP contribution >= 0.6 is 0 Å². The van der Waals surface area contributed by atoms with Gasteiger partial charge in [0.2, 0.25) is 5.96 Å². The maximum atomic E-state index is 12.9. The first-order valence-electron chi connectivity index (χ1n) is 9.09. The molecule has 0 fully saturated rings. The average molecular weight is 390 g/mol. The molecule has 3 heterocycles. The van der Waals surface area contributed by atoms with E-state index in [1.165, 1.54) is 0 Å². The van der Waals surface area contributed by atoms with Crippen molar-refractivity contribution in [2.24, 2.45) is 9.98 Å². The van der Waals surface area contributed by atoms with E-state index >= 15 is 0 Å². The molecule has 29 heavy (non-hydrogen) atoms. The number of amidine groups is 1. The SMILES string of the molecule is COc1cc2c(cc1OC)C1=NCCN1C(NC(=O)c1ccc3[nH]cnc3c1)=N2. The van der Waals surface area contributed by atoms with E-state index in [1.807, 2.05) is 17.0 Å². The van der Waals surface area contributed by atoms with Crippen molar-refractivity contribution in [3.05, 3.63) is 47.8 Å². The minimum Gasteiger partial charge on any atom is -0.493 e. The highest BCUT2D eigenvalue weighted by molar-refractivity contribution is 6.19. The predicted molar refractivity (Wildman–Crippen MR) is 108 cm³/mol. The zero-order valence-electron chi connectivity index (χ0n) is 15.9. The van der Waals surface area contributed by atoms with Crippen molar-refractivity contribution in [2.75, 3.05) is 27.3 Å². The van der Waals surface area contributed by atoms with Gasteiger partial charge in [-0.2, -0.15) is 0 Å². The van der Waals surface area contributed by atoms with E-state index in [1.54, 1.807) is 38.7 Å². The Hall–Kier alpha value is -3.88. The number of amides is 1. The Bertz CT molecular complexity index is 1200. The molecule has 0 saturated heterocycles. The van der Waals surface area contributed by atoms with Crippen LogP contribution < -0.4 is 14.8 Å². The van der Waals surface area contributed by atoms with Crippen LogP contribution in [0.4, 0.5) is 5.69 Å². The van der Waals surface area contributed by atoms with Gasteiger partial charge in [0.1, 0.15) is 5.84 Å². The highest BCUT2D eigenvalue weighted by Crippen LogP contribution is 2.38. The quantitative estimate of drug-likeness (QED) is 0.713. The number of methoxy groups -OCH3 is 2. The summed E-state index contributed by atoms with van der Waals surface area (Å²) in [5.74, 6) is 2.11. The number of ether oxygens (including phenoxy) is 2. The van der Waals surface area contributed by atoms with E-state index in [4.69, 9.17) is 9.47 Å². The van der Waals surface area contributed by atoms with Crippen molar-refractivity contribution in [3.63, 3.8) is 0 Å². The second-order valence-electron chi connectivity index (χ2n) is 6.61. The van der Waals surface area contributed by atoms with Crippen molar-refractivity contribution >= 4 is 34.4 Å². The molecule has 2 aliphatic rings. The van der Waals surface area contributed by atoms with Crippen molar-refractivity contribution in [2.45, 2.75) is 0 Å². The Morgan fingerprint density at radius 2 is 2.00 bits per heavy atom. The lowest BCUT2D eigenvalue weighted by Crippen LogP contribution is -2.47. The lowest BCUT2D eigenvalue weighted by atomic mass is 10.1. The van der Waals surface area contributed by atoms with Gasteiger partial charge in [0.05, 0.1) is 43.8 Å². The molecule has 2 aromatic carbocycles. The number of fused-ring (bicyclic) bond motifs is 4. The molecule has 1 aromatic heterocycles. The summed E-state index contributed by atoms with van der Waals surface area (Å²) in [7, 11) is 3.16. The first-order valence-corrected chi connectivity index (χ1v) is 9.09. The van der Waals surface area contributed by atoms with Crippen LogP contribution in [0.15, 0.2) is 46.6 Å². The second kappa shape index (κ2) is 6.62. The Labute approximate surface area is 166 Å². The van der Waals surface area contributed by atoms with Crippen LogP contribution in [0.2, 0.25) is 0 Å². The molecular formula is C20H18N6O3. The zero-order chi connectivity index (χ0) is 20.0. The van der Waals surface area contributed by atoms with Crippen molar-refractivity contribution in [1.29, 1.82) is 0 Å². The van der Waals surface area contributed by atoms with Crippen LogP contribution in [-0.4, -0.2) is 59.9 Å². The van der Waals surface area contributed by atoms with Crippen molar-refractivity contribution in [1.82, 2.24) is 20.2 Å². The van der Waals surface area contributed by atoms with E-state index in [0.29, 0.717) is 41.8 Å². The van der Waals surface area contributed by atoms with E-state index in [0.717, 1.165) is 22.4 Å². The Morgan fingerprint density at radius 1 is 1.17 bits per heavy atom. The number of nitrogens with zero attached hydrogens (tertiary/aromatic N) is 4. The van der Waals surface area contributed by atoms with Crippen LogP contribution in [0.3, 0.4) is 0 Å². The number of nitrogens with one attached hydrogen (secondary N) is 2. The zero-order valence-corrected chi connectivity index (χ0v) is 15.9.